The number of nitrogens with one attached hydrogen (secondary N) is 1. The van der Waals surface area contributed by atoms with Gasteiger partial charge >= 0.3 is 6.09 Å². The first-order valence-corrected chi connectivity index (χ1v) is 8.59. The molecule has 0 spiro atoms. The minimum atomic E-state index is -0.716. The Morgan fingerprint density at radius 3 is 2.50 bits per heavy atom. The molecule has 1 aliphatic rings. The van der Waals surface area contributed by atoms with Crippen LogP contribution in [0.3, 0.4) is 0 Å². The van der Waals surface area contributed by atoms with Crippen LogP contribution < -0.4 is 5.32 Å². The van der Waals surface area contributed by atoms with Crippen molar-refractivity contribution in [2.75, 3.05) is 13.1 Å². The number of benzene rings is 1. The number of carbonyl (C=O) groups is 2. The highest BCUT2D eigenvalue weighted by Gasteiger charge is 2.31. The summed E-state index contributed by atoms with van der Waals surface area (Å²) in [6, 6.07) is 8.62. The van der Waals surface area contributed by atoms with Crippen molar-refractivity contribution in [3.05, 3.63) is 35.9 Å². The highest BCUT2D eigenvalue weighted by Crippen LogP contribution is 2.22. The van der Waals surface area contributed by atoms with Gasteiger partial charge in [-0.2, -0.15) is 0 Å². The molecule has 5 nitrogen and oxygen atoms in total. The van der Waals surface area contributed by atoms with Gasteiger partial charge in [0.2, 0.25) is 5.91 Å². The Bertz CT molecular complexity index is 566. The van der Waals surface area contributed by atoms with Crippen LogP contribution in [-0.4, -0.2) is 35.6 Å². The molecule has 0 saturated carbocycles. The summed E-state index contributed by atoms with van der Waals surface area (Å²) < 4.78 is 5.33. The van der Waals surface area contributed by atoms with Crippen LogP contribution in [0.2, 0.25) is 0 Å². The second-order valence-electron chi connectivity index (χ2n) is 7.52. The van der Waals surface area contributed by atoms with Gasteiger partial charge in [0, 0.05) is 13.1 Å². The molecule has 2 amide bonds. The Hall–Kier alpha value is -2.04. The molecule has 1 saturated heterocycles. The molecule has 1 aliphatic heterocycles. The van der Waals surface area contributed by atoms with E-state index >= 15 is 0 Å². The molecule has 0 bridgehead atoms. The molecule has 2 rings (SSSR count). The molecule has 24 heavy (non-hydrogen) atoms. The van der Waals surface area contributed by atoms with E-state index in [9.17, 15) is 9.59 Å². The number of likely N-dealkylation sites (tertiary alicyclic amines) is 1. The number of hydrogen-bond acceptors (Lipinski definition) is 3. The summed E-state index contributed by atoms with van der Waals surface area (Å²) in [5.41, 5.74) is 0.167. The van der Waals surface area contributed by atoms with E-state index in [-0.39, 0.29) is 5.91 Å². The number of ether oxygens (including phenoxy) is 1. The Morgan fingerprint density at radius 1 is 1.25 bits per heavy atom. The molecule has 0 aliphatic carbocycles. The Morgan fingerprint density at radius 2 is 1.92 bits per heavy atom. The van der Waals surface area contributed by atoms with Crippen LogP contribution in [0.4, 0.5) is 4.79 Å². The average Bonchev–Trinajstić information content (AvgIpc) is 2.51. The third-order valence-corrected chi connectivity index (χ3v) is 4.01. The lowest BCUT2D eigenvalue weighted by atomic mass is 9.98. The number of nitrogens with zero attached hydrogens (tertiary/aromatic N) is 1. The molecule has 1 aromatic rings. The van der Waals surface area contributed by atoms with Crippen molar-refractivity contribution >= 4 is 12.0 Å². The van der Waals surface area contributed by atoms with Crippen LogP contribution in [0.15, 0.2) is 30.3 Å². The van der Waals surface area contributed by atoms with E-state index in [1.165, 1.54) is 0 Å². The molecule has 132 valence electrons. The first-order valence-electron chi connectivity index (χ1n) is 8.59. The Kier molecular flexibility index (Phi) is 5.86. The molecule has 1 heterocycles. The Balaban J connectivity index is 2.17. The lowest BCUT2D eigenvalue weighted by Crippen LogP contribution is -2.47. The maximum Gasteiger partial charge on any atom is 0.408 e. The van der Waals surface area contributed by atoms with Crippen LogP contribution in [0.5, 0.6) is 0 Å². The number of amides is 2. The molecule has 2 unspecified atom stereocenters. The molecule has 0 radical (unpaired) electrons. The third kappa shape index (κ3) is 5.25. The summed E-state index contributed by atoms with van der Waals surface area (Å²) in [4.78, 5) is 27.0. The van der Waals surface area contributed by atoms with Crippen LogP contribution in [0, 0.1) is 5.92 Å². The van der Waals surface area contributed by atoms with E-state index in [2.05, 4.69) is 12.2 Å². The minimum absolute atomic E-state index is 0.0707. The smallest absolute Gasteiger partial charge is 0.408 e. The highest BCUT2D eigenvalue weighted by molar-refractivity contribution is 5.87. The van der Waals surface area contributed by atoms with Crippen LogP contribution in [0.25, 0.3) is 0 Å². The zero-order valence-corrected chi connectivity index (χ0v) is 15.0. The minimum Gasteiger partial charge on any atom is -0.444 e. The number of alkyl carbamates (subject to hydrolysis) is 1. The quantitative estimate of drug-likeness (QED) is 0.921. The zero-order valence-electron chi connectivity index (χ0n) is 15.0. The van der Waals surface area contributed by atoms with E-state index in [4.69, 9.17) is 4.74 Å². The van der Waals surface area contributed by atoms with E-state index < -0.39 is 17.7 Å². The fourth-order valence-electron chi connectivity index (χ4n) is 2.93. The fourth-order valence-corrected chi connectivity index (χ4v) is 2.93. The lowest BCUT2D eigenvalue weighted by Gasteiger charge is -2.34. The van der Waals surface area contributed by atoms with Crippen LogP contribution in [0.1, 0.15) is 52.1 Å². The molecule has 2 atom stereocenters. The summed E-state index contributed by atoms with van der Waals surface area (Å²) in [7, 11) is 0. The third-order valence-electron chi connectivity index (χ3n) is 4.01. The molecular formula is C19H28N2O3. The van der Waals surface area contributed by atoms with E-state index in [0.29, 0.717) is 5.92 Å². The maximum atomic E-state index is 13.0. The topological polar surface area (TPSA) is 58.6 Å². The van der Waals surface area contributed by atoms with Gasteiger partial charge in [-0.05, 0) is 45.1 Å². The normalized spacial score (nSPS) is 19.5. The van der Waals surface area contributed by atoms with Crippen LogP contribution >= 0.6 is 0 Å². The van der Waals surface area contributed by atoms with Crippen molar-refractivity contribution in [3.63, 3.8) is 0 Å². The summed E-state index contributed by atoms with van der Waals surface area (Å²) >= 11 is 0. The molecule has 1 N–H and O–H groups in total. The van der Waals surface area contributed by atoms with E-state index in [1.807, 2.05) is 35.2 Å². The maximum absolute atomic E-state index is 13.0. The van der Waals surface area contributed by atoms with Crippen molar-refractivity contribution in [1.82, 2.24) is 10.2 Å². The van der Waals surface area contributed by atoms with Crippen molar-refractivity contribution in [2.24, 2.45) is 5.92 Å². The van der Waals surface area contributed by atoms with Gasteiger partial charge in [-0.25, -0.2) is 4.79 Å². The van der Waals surface area contributed by atoms with Gasteiger partial charge in [0.25, 0.3) is 0 Å². The van der Waals surface area contributed by atoms with E-state index in [0.717, 1.165) is 31.5 Å². The second-order valence-corrected chi connectivity index (χ2v) is 7.52. The summed E-state index contributed by atoms with van der Waals surface area (Å²) in [6.07, 6.45) is 1.56. The Labute approximate surface area is 144 Å². The zero-order chi connectivity index (χ0) is 17.7. The van der Waals surface area contributed by atoms with Gasteiger partial charge in [-0.3, -0.25) is 4.79 Å². The predicted octanol–water partition coefficient (Wildman–Crippen LogP) is 3.51. The number of carbonyl (C=O) groups excluding carboxylic acids is 2. The first kappa shape index (κ1) is 18.3. The fraction of sp³-hybridized carbons (Fsp3) is 0.579. The molecular weight excluding hydrogens is 304 g/mol. The van der Waals surface area contributed by atoms with Crippen LogP contribution in [-0.2, 0) is 9.53 Å². The monoisotopic (exact) mass is 332 g/mol. The summed E-state index contributed by atoms with van der Waals surface area (Å²) in [6.45, 7) is 9.04. The standard InChI is InChI=1S/C19H28N2O3/c1-14-9-8-12-21(13-14)17(22)16(15-10-6-5-7-11-15)20-18(23)24-19(2,3)4/h5-7,10-11,14,16H,8-9,12-13H2,1-4H3,(H,20,23). The van der Waals surface area contributed by atoms with Gasteiger partial charge in [0.05, 0.1) is 0 Å². The number of hydrogen-bond donors (Lipinski definition) is 1. The SMILES string of the molecule is CC1CCCN(C(=O)C(NC(=O)OC(C)(C)C)c2ccccc2)C1. The first-order chi connectivity index (χ1) is 11.3. The van der Waals surface area contributed by atoms with Gasteiger partial charge in [-0.1, -0.05) is 37.3 Å². The summed E-state index contributed by atoms with van der Waals surface area (Å²) in [5, 5.41) is 2.75. The van der Waals surface area contributed by atoms with Gasteiger partial charge in [0.15, 0.2) is 0 Å². The predicted molar refractivity (Wildman–Crippen MR) is 93.5 cm³/mol. The molecule has 5 heteroatoms. The molecule has 1 aromatic carbocycles. The van der Waals surface area contributed by atoms with Gasteiger partial charge in [0.1, 0.15) is 11.6 Å². The van der Waals surface area contributed by atoms with Crippen molar-refractivity contribution in [2.45, 2.75) is 52.2 Å². The number of rotatable bonds is 3. The van der Waals surface area contributed by atoms with Gasteiger partial charge < -0.3 is 15.0 Å². The lowest BCUT2D eigenvalue weighted by molar-refractivity contribution is -0.135. The van der Waals surface area contributed by atoms with E-state index in [1.54, 1.807) is 20.8 Å². The van der Waals surface area contributed by atoms with Crippen molar-refractivity contribution in [3.8, 4) is 0 Å². The molecule has 0 aromatic heterocycles. The summed E-state index contributed by atoms with van der Waals surface area (Å²) in [5.74, 6) is 0.416. The largest absolute Gasteiger partial charge is 0.444 e. The highest BCUT2D eigenvalue weighted by atomic mass is 16.6. The number of piperidine rings is 1. The average molecular weight is 332 g/mol. The van der Waals surface area contributed by atoms with Crippen molar-refractivity contribution in [1.29, 1.82) is 0 Å². The molecule has 1 fully saturated rings. The van der Waals surface area contributed by atoms with Gasteiger partial charge in [-0.15, -0.1) is 0 Å². The second kappa shape index (κ2) is 7.69. The van der Waals surface area contributed by atoms with Crippen molar-refractivity contribution < 1.29 is 14.3 Å².